The number of carbonyl (C=O) groups excluding carboxylic acids is 2. The number of anilines is 1. The maximum absolute atomic E-state index is 11.6. The zero-order valence-corrected chi connectivity index (χ0v) is 9.69. The largest absolute Gasteiger partial charge is 0.497 e. The fourth-order valence-electron chi connectivity index (χ4n) is 1.23. The van der Waals surface area contributed by atoms with Gasteiger partial charge in [-0.25, -0.2) is 4.79 Å². The molecule has 0 fully saturated rings. The molecule has 0 saturated carbocycles. The highest BCUT2D eigenvalue weighted by atomic mass is 16.5. The molecule has 3 amide bonds. The van der Waals surface area contributed by atoms with Crippen LogP contribution in [0, 0.1) is 0 Å². The van der Waals surface area contributed by atoms with E-state index in [2.05, 4.69) is 10.6 Å². The fraction of sp³-hybridized carbons (Fsp3) is 0.273. The highest BCUT2D eigenvalue weighted by molar-refractivity contribution is 5.96. The summed E-state index contributed by atoms with van der Waals surface area (Å²) in [5, 5.41) is 4.92. The van der Waals surface area contributed by atoms with Crippen molar-refractivity contribution < 1.29 is 14.3 Å². The third-order valence-corrected chi connectivity index (χ3v) is 2.09. The fourth-order valence-corrected chi connectivity index (χ4v) is 1.23. The summed E-state index contributed by atoms with van der Waals surface area (Å²) in [6, 6.07) is 5.48. The zero-order chi connectivity index (χ0) is 12.8. The Morgan fingerprint density at radius 1 is 1.41 bits per heavy atom. The van der Waals surface area contributed by atoms with E-state index in [9.17, 15) is 9.59 Å². The molecule has 17 heavy (non-hydrogen) atoms. The van der Waals surface area contributed by atoms with Gasteiger partial charge < -0.3 is 21.1 Å². The van der Waals surface area contributed by atoms with Crippen LogP contribution in [-0.2, 0) is 4.79 Å². The van der Waals surface area contributed by atoms with Crippen molar-refractivity contribution in [2.75, 3.05) is 12.4 Å². The van der Waals surface area contributed by atoms with Crippen molar-refractivity contribution in [2.45, 2.75) is 13.0 Å². The first-order valence-corrected chi connectivity index (χ1v) is 5.04. The maximum Gasteiger partial charge on any atom is 0.312 e. The highest BCUT2D eigenvalue weighted by Gasteiger charge is 2.13. The Labute approximate surface area is 99.1 Å². The second-order valence-corrected chi connectivity index (χ2v) is 3.45. The van der Waals surface area contributed by atoms with Crippen LogP contribution >= 0.6 is 0 Å². The number of hydrogen-bond donors (Lipinski definition) is 3. The van der Waals surface area contributed by atoms with Crippen LogP contribution in [0.4, 0.5) is 10.5 Å². The van der Waals surface area contributed by atoms with Gasteiger partial charge in [0.25, 0.3) is 0 Å². The number of primary amides is 1. The van der Waals surface area contributed by atoms with Crippen LogP contribution in [0.3, 0.4) is 0 Å². The SMILES string of the molecule is COc1cccc(NC(=O)C(C)NC(N)=O)c1. The Hall–Kier alpha value is -2.24. The van der Waals surface area contributed by atoms with Crippen molar-refractivity contribution >= 4 is 17.6 Å². The molecule has 1 rings (SSSR count). The lowest BCUT2D eigenvalue weighted by Crippen LogP contribution is -2.44. The lowest BCUT2D eigenvalue weighted by Gasteiger charge is -2.12. The molecule has 0 saturated heterocycles. The summed E-state index contributed by atoms with van der Waals surface area (Å²) in [5.74, 6) is 0.287. The van der Waals surface area contributed by atoms with Crippen molar-refractivity contribution in [3.8, 4) is 5.75 Å². The lowest BCUT2D eigenvalue weighted by atomic mass is 10.2. The van der Waals surface area contributed by atoms with Crippen LogP contribution in [-0.4, -0.2) is 25.1 Å². The third kappa shape index (κ3) is 4.02. The Morgan fingerprint density at radius 2 is 2.12 bits per heavy atom. The van der Waals surface area contributed by atoms with Gasteiger partial charge in [-0.2, -0.15) is 0 Å². The molecule has 0 aliphatic heterocycles. The van der Waals surface area contributed by atoms with Crippen LogP contribution in [0.2, 0.25) is 0 Å². The van der Waals surface area contributed by atoms with Crippen LogP contribution in [0.15, 0.2) is 24.3 Å². The zero-order valence-electron chi connectivity index (χ0n) is 9.69. The number of nitrogens with one attached hydrogen (secondary N) is 2. The molecule has 4 N–H and O–H groups in total. The first-order chi connectivity index (χ1) is 8.02. The van der Waals surface area contributed by atoms with E-state index < -0.39 is 12.1 Å². The summed E-state index contributed by atoms with van der Waals surface area (Å²) >= 11 is 0. The predicted octanol–water partition coefficient (Wildman–Crippen LogP) is 0.690. The van der Waals surface area contributed by atoms with E-state index in [-0.39, 0.29) is 5.91 Å². The number of methoxy groups -OCH3 is 1. The van der Waals surface area contributed by atoms with Gasteiger partial charge in [0, 0.05) is 11.8 Å². The first kappa shape index (κ1) is 12.8. The molecule has 1 aromatic carbocycles. The van der Waals surface area contributed by atoms with Crippen molar-refractivity contribution in [2.24, 2.45) is 5.73 Å². The summed E-state index contributed by atoms with van der Waals surface area (Å²) in [7, 11) is 1.54. The van der Waals surface area contributed by atoms with E-state index in [1.807, 2.05) is 0 Å². The molecule has 6 nitrogen and oxygen atoms in total. The average Bonchev–Trinajstić information content (AvgIpc) is 2.28. The molecule has 0 heterocycles. The van der Waals surface area contributed by atoms with E-state index in [4.69, 9.17) is 10.5 Å². The molecular weight excluding hydrogens is 222 g/mol. The Balaban J connectivity index is 2.64. The van der Waals surface area contributed by atoms with E-state index >= 15 is 0 Å². The van der Waals surface area contributed by atoms with Crippen LogP contribution in [0.5, 0.6) is 5.75 Å². The third-order valence-electron chi connectivity index (χ3n) is 2.09. The minimum absolute atomic E-state index is 0.350. The van der Waals surface area contributed by atoms with Gasteiger partial charge in [-0.05, 0) is 19.1 Å². The highest BCUT2D eigenvalue weighted by Crippen LogP contribution is 2.16. The molecular formula is C11H15N3O3. The van der Waals surface area contributed by atoms with Gasteiger partial charge in [0.15, 0.2) is 0 Å². The standard InChI is InChI=1S/C11H15N3O3/c1-7(13-11(12)16)10(15)14-8-4-3-5-9(6-8)17-2/h3-7H,1-2H3,(H,14,15)(H3,12,13,16). The molecule has 1 unspecified atom stereocenters. The predicted molar refractivity (Wildman–Crippen MR) is 63.8 cm³/mol. The summed E-state index contributed by atoms with van der Waals surface area (Å²) in [6.45, 7) is 1.54. The number of ether oxygens (including phenoxy) is 1. The van der Waals surface area contributed by atoms with E-state index in [0.717, 1.165) is 0 Å². The smallest absolute Gasteiger partial charge is 0.312 e. The van der Waals surface area contributed by atoms with E-state index in [0.29, 0.717) is 11.4 Å². The van der Waals surface area contributed by atoms with Gasteiger partial charge in [-0.3, -0.25) is 4.79 Å². The number of hydrogen-bond acceptors (Lipinski definition) is 3. The topological polar surface area (TPSA) is 93.4 Å². The molecule has 0 aliphatic rings. The normalized spacial score (nSPS) is 11.4. The van der Waals surface area contributed by atoms with E-state index in [1.165, 1.54) is 7.11 Å². The minimum Gasteiger partial charge on any atom is -0.497 e. The summed E-state index contributed by atoms with van der Waals surface area (Å²) in [5.41, 5.74) is 5.51. The molecule has 1 atom stereocenters. The summed E-state index contributed by atoms with van der Waals surface area (Å²) < 4.78 is 5.02. The summed E-state index contributed by atoms with van der Waals surface area (Å²) in [6.07, 6.45) is 0. The number of amides is 3. The van der Waals surface area contributed by atoms with Crippen molar-refractivity contribution in [1.82, 2.24) is 5.32 Å². The van der Waals surface area contributed by atoms with Crippen LogP contribution in [0.25, 0.3) is 0 Å². The van der Waals surface area contributed by atoms with Gasteiger partial charge in [0.1, 0.15) is 11.8 Å². The lowest BCUT2D eigenvalue weighted by molar-refractivity contribution is -0.117. The molecule has 6 heteroatoms. The Kier molecular flexibility index (Phi) is 4.33. The number of benzene rings is 1. The second-order valence-electron chi connectivity index (χ2n) is 3.45. The van der Waals surface area contributed by atoms with Gasteiger partial charge >= 0.3 is 6.03 Å². The average molecular weight is 237 g/mol. The monoisotopic (exact) mass is 237 g/mol. The second kappa shape index (κ2) is 5.74. The number of urea groups is 1. The number of carbonyl (C=O) groups is 2. The van der Waals surface area contributed by atoms with Crippen LogP contribution < -0.4 is 21.1 Å². The van der Waals surface area contributed by atoms with Gasteiger partial charge in [0.05, 0.1) is 7.11 Å². The van der Waals surface area contributed by atoms with Crippen molar-refractivity contribution in [3.63, 3.8) is 0 Å². The molecule has 0 spiro atoms. The number of nitrogens with two attached hydrogens (primary N) is 1. The van der Waals surface area contributed by atoms with Crippen LogP contribution in [0.1, 0.15) is 6.92 Å². The molecule has 92 valence electrons. The minimum atomic E-state index is -0.738. The maximum atomic E-state index is 11.6. The molecule has 0 radical (unpaired) electrons. The van der Waals surface area contributed by atoms with Crippen molar-refractivity contribution in [1.29, 1.82) is 0 Å². The quantitative estimate of drug-likeness (QED) is 0.719. The summed E-state index contributed by atoms with van der Waals surface area (Å²) in [4.78, 5) is 22.2. The molecule has 0 aliphatic carbocycles. The van der Waals surface area contributed by atoms with E-state index in [1.54, 1.807) is 31.2 Å². The number of rotatable bonds is 4. The van der Waals surface area contributed by atoms with Gasteiger partial charge in [0.2, 0.25) is 5.91 Å². The van der Waals surface area contributed by atoms with Gasteiger partial charge in [-0.1, -0.05) is 6.07 Å². The molecule has 0 aromatic heterocycles. The van der Waals surface area contributed by atoms with Crippen molar-refractivity contribution in [3.05, 3.63) is 24.3 Å². The Morgan fingerprint density at radius 3 is 2.71 bits per heavy atom. The van der Waals surface area contributed by atoms with Gasteiger partial charge in [-0.15, -0.1) is 0 Å². The molecule has 1 aromatic rings. The molecule has 0 bridgehead atoms. The first-order valence-electron chi connectivity index (χ1n) is 5.04. The Bertz CT molecular complexity index is 420.